The van der Waals surface area contributed by atoms with Crippen LogP contribution in [0.15, 0.2) is 18.3 Å². The molecule has 0 aliphatic heterocycles. The first-order valence-electron chi connectivity index (χ1n) is 7.06. The molecule has 0 saturated carbocycles. The van der Waals surface area contributed by atoms with E-state index in [-0.39, 0.29) is 17.9 Å². The Balaban J connectivity index is 3.03. The standard InChI is InChI=1S/C15H27N2O2/c1-6-11-17(4,5)14(13-9-8-10-16-13)12(3)15(18)19-7-2/h8-10,12,14,16H,6-7,11H2,1-5H3/q+1. The van der Waals surface area contributed by atoms with Gasteiger partial charge in [-0.05, 0) is 32.4 Å². The van der Waals surface area contributed by atoms with Gasteiger partial charge in [-0.2, -0.15) is 0 Å². The molecule has 2 unspecified atom stereocenters. The number of hydrogen-bond donors (Lipinski definition) is 1. The predicted octanol–water partition coefficient (Wildman–Crippen LogP) is 2.74. The Morgan fingerprint density at radius 1 is 1.42 bits per heavy atom. The van der Waals surface area contributed by atoms with E-state index in [1.54, 1.807) is 0 Å². The van der Waals surface area contributed by atoms with Crippen LogP contribution in [0.1, 0.15) is 38.9 Å². The van der Waals surface area contributed by atoms with Crippen LogP contribution >= 0.6 is 0 Å². The van der Waals surface area contributed by atoms with Crippen LogP contribution in [-0.2, 0) is 9.53 Å². The maximum atomic E-state index is 12.1. The fourth-order valence-electron chi connectivity index (χ4n) is 2.90. The van der Waals surface area contributed by atoms with Crippen molar-refractivity contribution in [3.05, 3.63) is 24.0 Å². The first-order chi connectivity index (χ1) is 8.94. The molecule has 108 valence electrons. The molecule has 19 heavy (non-hydrogen) atoms. The summed E-state index contributed by atoms with van der Waals surface area (Å²) < 4.78 is 5.97. The average molecular weight is 267 g/mol. The predicted molar refractivity (Wildman–Crippen MR) is 76.6 cm³/mol. The number of quaternary nitrogens is 1. The van der Waals surface area contributed by atoms with Gasteiger partial charge in [0.15, 0.2) is 0 Å². The van der Waals surface area contributed by atoms with Crippen molar-refractivity contribution < 1.29 is 14.0 Å². The van der Waals surface area contributed by atoms with Crippen molar-refractivity contribution in [1.82, 2.24) is 4.98 Å². The van der Waals surface area contributed by atoms with Gasteiger partial charge in [0.2, 0.25) is 0 Å². The van der Waals surface area contributed by atoms with Gasteiger partial charge >= 0.3 is 5.97 Å². The van der Waals surface area contributed by atoms with Crippen LogP contribution in [0.4, 0.5) is 0 Å². The number of nitrogens with one attached hydrogen (secondary N) is 1. The molecule has 0 aromatic carbocycles. The second-order valence-corrected chi connectivity index (χ2v) is 5.61. The lowest BCUT2D eigenvalue weighted by Crippen LogP contribution is -2.48. The van der Waals surface area contributed by atoms with Gasteiger partial charge in [-0.15, -0.1) is 0 Å². The molecule has 1 heterocycles. The SMILES string of the molecule is CCC[N+](C)(C)C(c1ccc[nH]1)C(C)C(=O)OCC. The van der Waals surface area contributed by atoms with Crippen LogP contribution < -0.4 is 0 Å². The van der Waals surface area contributed by atoms with Crippen molar-refractivity contribution in [3.8, 4) is 0 Å². The van der Waals surface area contributed by atoms with Crippen LogP contribution in [0, 0.1) is 5.92 Å². The number of hydrogen-bond acceptors (Lipinski definition) is 2. The summed E-state index contributed by atoms with van der Waals surface area (Å²) in [6.07, 6.45) is 2.99. The van der Waals surface area contributed by atoms with Gasteiger partial charge in [0, 0.05) is 6.20 Å². The molecule has 0 saturated heterocycles. The number of rotatable bonds is 7. The maximum Gasteiger partial charge on any atom is 0.315 e. The molecule has 0 bridgehead atoms. The van der Waals surface area contributed by atoms with Gasteiger partial charge in [-0.25, -0.2) is 0 Å². The highest BCUT2D eigenvalue weighted by molar-refractivity contribution is 5.72. The van der Waals surface area contributed by atoms with Crippen molar-refractivity contribution in [2.75, 3.05) is 27.2 Å². The van der Waals surface area contributed by atoms with E-state index in [9.17, 15) is 4.79 Å². The first-order valence-corrected chi connectivity index (χ1v) is 7.06. The molecular weight excluding hydrogens is 240 g/mol. The van der Waals surface area contributed by atoms with Gasteiger partial charge in [0.05, 0.1) is 32.9 Å². The molecule has 0 radical (unpaired) electrons. The van der Waals surface area contributed by atoms with E-state index in [4.69, 9.17) is 4.74 Å². The highest BCUT2D eigenvalue weighted by Gasteiger charge is 2.39. The second-order valence-electron chi connectivity index (χ2n) is 5.61. The van der Waals surface area contributed by atoms with E-state index in [0.717, 1.165) is 23.1 Å². The Morgan fingerprint density at radius 2 is 2.11 bits per heavy atom. The number of carbonyl (C=O) groups is 1. The van der Waals surface area contributed by atoms with Gasteiger partial charge in [-0.1, -0.05) is 6.92 Å². The van der Waals surface area contributed by atoms with Crippen molar-refractivity contribution in [1.29, 1.82) is 0 Å². The maximum absolute atomic E-state index is 12.1. The van der Waals surface area contributed by atoms with Gasteiger partial charge < -0.3 is 14.2 Å². The van der Waals surface area contributed by atoms with E-state index in [0.29, 0.717) is 6.61 Å². The van der Waals surface area contributed by atoms with Crippen molar-refractivity contribution in [3.63, 3.8) is 0 Å². The van der Waals surface area contributed by atoms with Crippen molar-refractivity contribution in [2.24, 2.45) is 5.92 Å². The lowest BCUT2D eigenvalue weighted by Gasteiger charge is -2.39. The lowest BCUT2D eigenvalue weighted by atomic mass is 9.95. The fraction of sp³-hybridized carbons (Fsp3) is 0.667. The highest BCUT2D eigenvalue weighted by atomic mass is 16.5. The van der Waals surface area contributed by atoms with Crippen LogP contribution in [0.3, 0.4) is 0 Å². The monoisotopic (exact) mass is 267 g/mol. The Labute approximate surface area is 116 Å². The van der Waals surface area contributed by atoms with Gasteiger partial charge in [-0.3, -0.25) is 4.79 Å². The molecule has 1 aromatic heterocycles. The Morgan fingerprint density at radius 3 is 2.58 bits per heavy atom. The molecule has 4 nitrogen and oxygen atoms in total. The number of carbonyl (C=O) groups excluding carboxylic acids is 1. The largest absolute Gasteiger partial charge is 0.466 e. The normalized spacial score (nSPS) is 15.0. The summed E-state index contributed by atoms with van der Waals surface area (Å²) in [5.41, 5.74) is 1.10. The molecule has 0 fully saturated rings. The number of ether oxygens (including phenoxy) is 1. The minimum atomic E-state index is -0.167. The number of aromatic nitrogens is 1. The highest BCUT2D eigenvalue weighted by Crippen LogP contribution is 2.32. The Kier molecular flexibility index (Phi) is 5.60. The summed E-state index contributed by atoms with van der Waals surface area (Å²) in [7, 11) is 4.34. The third-order valence-electron chi connectivity index (χ3n) is 3.63. The molecule has 1 aromatic rings. The summed E-state index contributed by atoms with van der Waals surface area (Å²) in [6.45, 7) is 7.43. The molecule has 1 N–H and O–H groups in total. The third kappa shape index (κ3) is 3.83. The quantitative estimate of drug-likeness (QED) is 0.609. The zero-order valence-electron chi connectivity index (χ0n) is 12.8. The van der Waals surface area contributed by atoms with Crippen LogP contribution in [0.25, 0.3) is 0 Å². The van der Waals surface area contributed by atoms with E-state index < -0.39 is 0 Å². The number of aromatic amines is 1. The van der Waals surface area contributed by atoms with E-state index in [2.05, 4.69) is 32.1 Å². The number of nitrogens with zero attached hydrogens (tertiary/aromatic N) is 1. The molecule has 0 aliphatic rings. The minimum absolute atomic E-state index is 0.0917. The smallest absolute Gasteiger partial charge is 0.315 e. The number of H-pyrrole nitrogens is 1. The molecule has 0 spiro atoms. The van der Waals surface area contributed by atoms with E-state index in [1.165, 1.54) is 0 Å². The third-order valence-corrected chi connectivity index (χ3v) is 3.63. The molecule has 0 aliphatic carbocycles. The Bertz CT molecular complexity index is 385. The summed E-state index contributed by atoms with van der Waals surface area (Å²) in [5.74, 6) is -0.287. The van der Waals surface area contributed by atoms with Crippen molar-refractivity contribution >= 4 is 5.97 Å². The van der Waals surface area contributed by atoms with Crippen LogP contribution in [-0.4, -0.2) is 42.7 Å². The minimum Gasteiger partial charge on any atom is -0.466 e. The van der Waals surface area contributed by atoms with Crippen LogP contribution in [0.5, 0.6) is 0 Å². The van der Waals surface area contributed by atoms with Gasteiger partial charge in [0.25, 0.3) is 0 Å². The second kappa shape index (κ2) is 6.75. The summed E-state index contributed by atoms with van der Waals surface area (Å²) in [6, 6.07) is 4.12. The van der Waals surface area contributed by atoms with Crippen molar-refractivity contribution in [2.45, 2.75) is 33.2 Å². The van der Waals surface area contributed by atoms with Crippen LogP contribution in [0.2, 0.25) is 0 Å². The fourth-order valence-corrected chi connectivity index (χ4v) is 2.90. The summed E-state index contributed by atoms with van der Waals surface area (Å²) in [5, 5.41) is 0. The topological polar surface area (TPSA) is 42.1 Å². The zero-order chi connectivity index (χ0) is 14.5. The average Bonchev–Trinajstić information content (AvgIpc) is 2.82. The molecule has 1 rings (SSSR count). The molecule has 2 atom stereocenters. The zero-order valence-corrected chi connectivity index (χ0v) is 12.8. The Hall–Kier alpha value is -1.29. The molecule has 4 heteroatoms. The summed E-state index contributed by atoms with van der Waals surface area (Å²) >= 11 is 0. The van der Waals surface area contributed by atoms with E-state index in [1.807, 2.05) is 26.1 Å². The lowest BCUT2D eigenvalue weighted by molar-refractivity contribution is -0.924. The summed E-state index contributed by atoms with van der Waals surface area (Å²) in [4.78, 5) is 15.3. The first kappa shape index (κ1) is 15.8. The molecule has 0 amide bonds. The van der Waals surface area contributed by atoms with Gasteiger partial charge in [0.1, 0.15) is 12.0 Å². The number of esters is 1. The van der Waals surface area contributed by atoms with E-state index >= 15 is 0 Å². The molecular formula is C15H27N2O2+.